The summed E-state index contributed by atoms with van der Waals surface area (Å²) < 4.78 is 31.9. The molecule has 12 aromatic rings. The first-order valence-corrected chi connectivity index (χ1v) is 20.5. The summed E-state index contributed by atoms with van der Waals surface area (Å²) in [5, 5.41) is 6.88. The van der Waals surface area contributed by atoms with Gasteiger partial charge in [-0.05, 0) is 113 Å². The number of halogens is 2. The smallest absolute Gasteiger partial charge is 0.231 e. The SMILES string of the molecule is O=c1c2ccccc2oc2ccc3c4c(c(-c5cc6c(Cl)cc(-c7cc8cc(Cl)ccc8c8c(=O)c9ccccc9oc78)cc6c6c(=O)c7ccccc7oc56)cc3c12)OCO4. The highest BCUT2D eigenvalue weighted by Gasteiger charge is 2.29. The van der Waals surface area contributed by atoms with Crippen LogP contribution in [0.2, 0.25) is 10.0 Å². The van der Waals surface area contributed by atoms with Gasteiger partial charge in [0.1, 0.15) is 33.5 Å². The van der Waals surface area contributed by atoms with Crippen LogP contribution in [-0.4, -0.2) is 6.79 Å². The van der Waals surface area contributed by atoms with Gasteiger partial charge in [0, 0.05) is 42.9 Å². The van der Waals surface area contributed by atoms with Crippen LogP contribution in [0.5, 0.6) is 11.5 Å². The molecule has 0 bridgehead atoms. The van der Waals surface area contributed by atoms with E-state index in [1.807, 2.05) is 60.7 Å². The molecule has 0 aliphatic carbocycles. The summed E-state index contributed by atoms with van der Waals surface area (Å²) in [5.41, 5.74) is 3.90. The van der Waals surface area contributed by atoms with Gasteiger partial charge in [-0.1, -0.05) is 65.7 Å². The van der Waals surface area contributed by atoms with Crippen molar-refractivity contribution in [2.45, 2.75) is 0 Å². The molecule has 0 saturated carbocycles. The van der Waals surface area contributed by atoms with E-state index >= 15 is 0 Å². The molecule has 0 unspecified atom stereocenters. The molecule has 0 N–H and O–H groups in total. The van der Waals surface area contributed by atoms with Crippen LogP contribution in [0.4, 0.5) is 0 Å². The van der Waals surface area contributed by atoms with Gasteiger partial charge in [-0.15, -0.1) is 0 Å². The highest BCUT2D eigenvalue weighted by molar-refractivity contribution is 6.38. The molecule has 0 amide bonds. The summed E-state index contributed by atoms with van der Waals surface area (Å²) in [5.74, 6) is 0.872. The fourth-order valence-corrected chi connectivity index (χ4v) is 9.81. The van der Waals surface area contributed by atoms with Crippen LogP contribution in [0, 0.1) is 0 Å². The molecule has 8 nitrogen and oxygen atoms in total. The molecular formula is C52H24Cl2O8. The number of hydrogen-bond donors (Lipinski definition) is 0. The Hall–Kier alpha value is -7.65. The van der Waals surface area contributed by atoms with Crippen molar-refractivity contribution in [1.29, 1.82) is 0 Å². The summed E-state index contributed by atoms with van der Waals surface area (Å²) in [7, 11) is 0. The van der Waals surface area contributed by atoms with Crippen LogP contribution in [0.1, 0.15) is 0 Å². The lowest BCUT2D eigenvalue weighted by atomic mass is 9.90. The molecule has 1 aliphatic heterocycles. The van der Waals surface area contributed by atoms with Crippen molar-refractivity contribution in [3.8, 4) is 33.8 Å². The second-order valence-electron chi connectivity index (χ2n) is 15.5. The van der Waals surface area contributed by atoms with E-state index in [1.54, 1.807) is 72.8 Å². The van der Waals surface area contributed by atoms with Crippen LogP contribution in [0.3, 0.4) is 0 Å². The van der Waals surface area contributed by atoms with Crippen molar-refractivity contribution in [2.75, 3.05) is 6.79 Å². The number of hydrogen-bond acceptors (Lipinski definition) is 8. The Labute approximate surface area is 357 Å². The van der Waals surface area contributed by atoms with Crippen molar-refractivity contribution in [1.82, 2.24) is 0 Å². The first kappa shape index (κ1) is 35.1. The highest BCUT2D eigenvalue weighted by Crippen LogP contribution is 2.51. The predicted molar refractivity (Wildman–Crippen MR) is 247 cm³/mol. The lowest BCUT2D eigenvalue weighted by molar-refractivity contribution is 0.175. The number of fused-ring (bicyclic) bond motifs is 14. The van der Waals surface area contributed by atoms with Crippen molar-refractivity contribution in [2.24, 2.45) is 0 Å². The molecule has 0 fully saturated rings. The first-order chi connectivity index (χ1) is 30.3. The Morgan fingerprint density at radius 3 is 1.68 bits per heavy atom. The van der Waals surface area contributed by atoms with E-state index < -0.39 is 0 Å². The molecule has 0 radical (unpaired) electrons. The van der Waals surface area contributed by atoms with Crippen molar-refractivity contribution in [3.05, 3.63) is 174 Å². The Morgan fingerprint density at radius 1 is 0.403 bits per heavy atom. The quantitative estimate of drug-likeness (QED) is 0.125. The fraction of sp³-hybridized carbons (Fsp3) is 0.0192. The number of benzene rings is 9. The van der Waals surface area contributed by atoms with Gasteiger partial charge < -0.3 is 22.7 Å². The molecule has 294 valence electrons. The van der Waals surface area contributed by atoms with Crippen LogP contribution < -0.4 is 25.8 Å². The second-order valence-corrected chi connectivity index (χ2v) is 16.3. The zero-order valence-electron chi connectivity index (χ0n) is 31.9. The molecule has 13 rings (SSSR count). The van der Waals surface area contributed by atoms with Gasteiger partial charge in [-0.3, -0.25) is 14.4 Å². The van der Waals surface area contributed by atoms with Gasteiger partial charge >= 0.3 is 0 Å². The fourth-order valence-electron chi connectivity index (χ4n) is 9.36. The maximum Gasteiger partial charge on any atom is 0.231 e. The summed E-state index contributed by atoms with van der Waals surface area (Å²) in [6.07, 6.45) is 0. The Bertz CT molecular complexity index is 4240. The largest absolute Gasteiger partial charge is 0.456 e. The topological polar surface area (TPSA) is 109 Å². The maximum absolute atomic E-state index is 15.0. The van der Waals surface area contributed by atoms with Crippen LogP contribution in [0.25, 0.3) is 120 Å². The number of rotatable bonds is 2. The van der Waals surface area contributed by atoms with E-state index in [-0.39, 0.29) is 34.0 Å². The van der Waals surface area contributed by atoms with E-state index in [4.69, 9.17) is 45.9 Å². The van der Waals surface area contributed by atoms with E-state index in [1.165, 1.54) is 0 Å². The number of ether oxygens (including phenoxy) is 2. The van der Waals surface area contributed by atoms with Gasteiger partial charge in [-0.2, -0.15) is 0 Å². The van der Waals surface area contributed by atoms with Crippen molar-refractivity contribution in [3.63, 3.8) is 0 Å². The molecule has 9 aromatic carbocycles. The van der Waals surface area contributed by atoms with Crippen molar-refractivity contribution < 1.29 is 22.7 Å². The lowest BCUT2D eigenvalue weighted by Crippen LogP contribution is -2.05. The van der Waals surface area contributed by atoms with Gasteiger partial charge in [0.15, 0.2) is 11.5 Å². The highest BCUT2D eigenvalue weighted by atomic mass is 35.5. The molecule has 62 heavy (non-hydrogen) atoms. The minimum absolute atomic E-state index is 0.0648. The van der Waals surface area contributed by atoms with Gasteiger partial charge in [0.2, 0.25) is 23.1 Å². The standard InChI is InChI=1S/C52H24Cl2O8/c53-26-13-14-27-24(17-26)18-32(49-44(27)47(56)30-8-2-5-11-40(30)61-49)25-19-34-33(38(54)20-25)21-36(50-45(34)48(57)31-9-3-6-12-41(31)62-50)37-22-35-28(51-52(37)59-23-58-51)15-16-42-43(35)46(55)29-7-1-4-10-39(29)60-42/h1-22H,23H2. The first-order valence-electron chi connectivity index (χ1n) is 19.7. The van der Waals surface area contributed by atoms with E-state index in [0.717, 1.165) is 5.39 Å². The van der Waals surface area contributed by atoms with Gasteiger partial charge in [0.05, 0.1) is 32.3 Å². The second kappa shape index (κ2) is 12.7. The average molecular weight is 848 g/mol. The maximum atomic E-state index is 15.0. The zero-order chi connectivity index (χ0) is 41.5. The lowest BCUT2D eigenvalue weighted by Gasteiger charge is -2.16. The third kappa shape index (κ3) is 4.81. The van der Waals surface area contributed by atoms with Crippen LogP contribution in [0.15, 0.2) is 161 Å². The number of para-hydroxylation sites is 3. The van der Waals surface area contributed by atoms with E-state index in [2.05, 4.69) is 0 Å². The Kier molecular flexibility index (Phi) is 7.19. The average Bonchev–Trinajstić information content (AvgIpc) is 3.79. The monoisotopic (exact) mass is 846 g/mol. The minimum atomic E-state index is -0.276. The Balaban J connectivity index is 1.16. The van der Waals surface area contributed by atoms with Gasteiger partial charge in [-0.25, -0.2) is 0 Å². The van der Waals surface area contributed by atoms with Gasteiger partial charge in [0.25, 0.3) is 0 Å². The third-order valence-corrected chi connectivity index (χ3v) is 12.7. The summed E-state index contributed by atoms with van der Waals surface area (Å²) in [4.78, 5) is 43.5. The van der Waals surface area contributed by atoms with Crippen molar-refractivity contribution >= 4 is 121 Å². The summed E-state index contributed by atoms with van der Waals surface area (Å²) in [6, 6.07) is 39.7. The van der Waals surface area contributed by atoms with Crippen LogP contribution >= 0.6 is 23.2 Å². The van der Waals surface area contributed by atoms with E-state index in [0.29, 0.717) is 126 Å². The summed E-state index contributed by atoms with van der Waals surface area (Å²) in [6.45, 7) is -0.0648. The normalized spacial score (nSPS) is 12.7. The Morgan fingerprint density at radius 2 is 0.968 bits per heavy atom. The molecule has 4 heterocycles. The third-order valence-electron chi connectivity index (χ3n) is 12.1. The molecule has 0 saturated heterocycles. The summed E-state index contributed by atoms with van der Waals surface area (Å²) >= 11 is 13.9. The minimum Gasteiger partial charge on any atom is -0.456 e. The van der Waals surface area contributed by atoms with Crippen LogP contribution in [-0.2, 0) is 0 Å². The molecule has 0 atom stereocenters. The molecule has 3 aromatic heterocycles. The molecule has 0 spiro atoms. The zero-order valence-corrected chi connectivity index (χ0v) is 33.4. The molecule has 10 heteroatoms. The van der Waals surface area contributed by atoms with E-state index in [9.17, 15) is 14.4 Å². The molecule has 1 aliphatic rings. The predicted octanol–water partition coefficient (Wildman–Crippen LogP) is 13.3. The molecular weight excluding hydrogens is 823 g/mol.